The Labute approximate surface area is 110 Å². The molecule has 0 bridgehead atoms. The minimum Gasteiger partial charge on any atom is -0.508 e. The fraction of sp³-hybridized carbons (Fsp3) is 0. The van der Waals surface area contributed by atoms with E-state index >= 15 is 0 Å². The van der Waals surface area contributed by atoms with Crippen molar-refractivity contribution in [3.63, 3.8) is 0 Å². The van der Waals surface area contributed by atoms with Gasteiger partial charge in [0, 0.05) is 6.08 Å². The Morgan fingerprint density at radius 3 is 1.32 bits per heavy atom. The number of benzene rings is 2. The summed E-state index contributed by atoms with van der Waals surface area (Å²) in [6.07, 6.45) is 0.833. The highest BCUT2D eigenvalue weighted by Crippen LogP contribution is 2.23. The summed E-state index contributed by atoms with van der Waals surface area (Å²) < 4.78 is 0. The van der Waals surface area contributed by atoms with Gasteiger partial charge >= 0.3 is 5.97 Å². The molecule has 0 radical (unpaired) electrons. The molecule has 0 aliphatic rings. The molecule has 3 N–H and O–H groups in total. The van der Waals surface area contributed by atoms with Gasteiger partial charge in [-0.15, -0.1) is 0 Å². The van der Waals surface area contributed by atoms with Crippen molar-refractivity contribution in [3.05, 3.63) is 61.2 Å². The zero-order chi connectivity index (χ0) is 14.3. The van der Waals surface area contributed by atoms with Gasteiger partial charge in [-0.05, 0) is 35.4 Å². The topological polar surface area (TPSA) is 77.8 Å². The van der Waals surface area contributed by atoms with Gasteiger partial charge in [0.25, 0.3) is 0 Å². The van der Waals surface area contributed by atoms with E-state index in [0.717, 1.165) is 17.2 Å². The lowest BCUT2D eigenvalue weighted by Crippen LogP contribution is -1.82. The number of carboxylic acid groups (broad SMARTS) is 1. The Bertz CT molecular complexity index is 498. The van der Waals surface area contributed by atoms with Crippen LogP contribution in [-0.2, 0) is 4.79 Å². The number of aliphatic carboxylic acids is 1. The third-order valence-electron chi connectivity index (χ3n) is 2.24. The molecule has 19 heavy (non-hydrogen) atoms. The highest BCUT2D eigenvalue weighted by Gasteiger charge is 1.96. The summed E-state index contributed by atoms with van der Waals surface area (Å²) in [6.45, 7) is 2.96. The van der Waals surface area contributed by atoms with Crippen LogP contribution in [0, 0.1) is 0 Å². The lowest BCUT2D eigenvalue weighted by atomic mass is 10.1. The zero-order valence-corrected chi connectivity index (χ0v) is 10.2. The summed E-state index contributed by atoms with van der Waals surface area (Å²) in [4.78, 5) is 9.25. The monoisotopic (exact) mass is 258 g/mol. The van der Waals surface area contributed by atoms with Crippen molar-refractivity contribution in [1.82, 2.24) is 0 Å². The van der Waals surface area contributed by atoms with Crippen LogP contribution in [-0.4, -0.2) is 21.3 Å². The minimum atomic E-state index is -0.981. The number of carbonyl (C=O) groups is 1. The molecular formula is C15H14O4. The van der Waals surface area contributed by atoms with Gasteiger partial charge in [-0.2, -0.15) is 0 Å². The van der Waals surface area contributed by atoms with Gasteiger partial charge in [0.1, 0.15) is 11.5 Å². The van der Waals surface area contributed by atoms with Crippen molar-refractivity contribution in [3.8, 4) is 22.6 Å². The van der Waals surface area contributed by atoms with E-state index in [1.165, 1.54) is 0 Å². The number of phenols is 2. The second-order valence-corrected chi connectivity index (χ2v) is 3.64. The number of rotatable bonds is 2. The smallest absolute Gasteiger partial charge is 0.327 e. The van der Waals surface area contributed by atoms with Crippen LogP contribution >= 0.6 is 0 Å². The highest BCUT2D eigenvalue weighted by atomic mass is 16.4. The van der Waals surface area contributed by atoms with Gasteiger partial charge in [0.05, 0.1) is 0 Å². The van der Waals surface area contributed by atoms with Gasteiger partial charge in [0.15, 0.2) is 0 Å². The molecule has 0 aliphatic heterocycles. The molecule has 0 aromatic heterocycles. The van der Waals surface area contributed by atoms with Crippen LogP contribution < -0.4 is 0 Å². The van der Waals surface area contributed by atoms with Gasteiger partial charge in [-0.3, -0.25) is 0 Å². The minimum absolute atomic E-state index is 0.257. The van der Waals surface area contributed by atoms with Crippen molar-refractivity contribution in [2.75, 3.05) is 0 Å². The zero-order valence-electron chi connectivity index (χ0n) is 10.2. The van der Waals surface area contributed by atoms with Gasteiger partial charge in [-0.1, -0.05) is 30.8 Å². The molecule has 0 saturated heterocycles. The van der Waals surface area contributed by atoms with E-state index in [4.69, 9.17) is 15.3 Å². The Kier molecular flexibility index (Phi) is 5.17. The van der Waals surface area contributed by atoms with E-state index in [1.807, 2.05) is 24.3 Å². The molecule has 4 heteroatoms. The van der Waals surface area contributed by atoms with Crippen LogP contribution in [0.15, 0.2) is 61.2 Å². The summed E-state index contributed by atoms with van der Waals surface area (Å²) in [6, 6.07) is 13.9. The maximum atomic E-state index is 9.25. The molecule has 98 valence electrons. The standard InChI is InChI=1S/C12H10O2.C3H4O2/c13-11-5-1-9(2-6-11)10-3-7-12(14)8-4-10;1-2-3(4)5/h1-8,13-14H;2H,1H2,(H,4,5). The molecule has 0 spiro atoms. The van der Waals surface area contributed by atoms with Gasteiger partial charge in [-0.25, -0.2) is 4.79 Å². The number of hydrogen-bond acceptors (Lipinski definition) is 3. The average molecular weight is 258 g/mol. The Hall–Kier alpha value is -2.75. The summed E-state index contributed by atoms with van der Waals surface area (Å²) >= 11 is 0. The molecule has 2 aromatic carbocycles. The Morgan fingerprint density at radius 2 is 1.11 bits per heavy atom. The van der Waals surface area contributed by atoms with E-state index in [1.54, 1.807) is 24.3 Å². The third-order valence-corrected chi connectivity index (χ3v) is 2.24. The first-order valence-corrected chi connectivity index (χ1v) is 5.46. The van der Waals surface area contributed by atoms with E-state index < -0.39 is 5.97 Å². The van der Waals surface area contributed by atoms with Crippen LogP contribution in [0.1, 0.15) is 0 Å². The number of aromatic hydroxyl groups is 2. The lowest BCUT2D eigenvalue weighted by Gasteiger charge is -2.01. The van der Waals surface area contributed by atoms with Crippen molar-refractivity contribution in [2.45, 2.75) is 0 Å². The first-order valence-electron chi connectivity index (χ1n) is 5.46. The molecule has 0 atom stereocenters. The maximum Gasteiger partial charge on any atom is 0.327 e. The summed E-state index contributed by atoms with van der Waals surface area (Å²) in [5.41, 5.74) is 2.03. The van der Waals surface area contributed by atoms with Crippen molar-refractivity contribution < 1.29 is 20.1 Å². The number of hydrogen-bond donors (Lipinski definition) is 3. The predicted octanol–water partition coefficient (Wildman–Crippen LogP) is 3.02. The van der Waals surface area contributed by atoms with Crippen LogP contribution in [0.5, 0.6) is 11.5 Å². The first kappa shape index (κ1) is 14.3. The lowest BCUT2D eigenvalue weighted by molar-refractivity contribution is -0.131. The Morgan fingerprint density at radius 1 is 0.842 bits per heavy atom. The summed E-state index contributed by atoms with van der Waals surface area (Å²) in [7, 11) is 0. The molecule has 0 amide bonds. The third kappa shape index (κ3) is 4.95. The molecule has 4 nitrogen and oxygen atoms in total. The SMILES string of the molecule is C=CC(=O)O.Oc1ccc(-c2ccc(O)cc2)cc1. The van der Waals surface area contributed by atoms with Gasteiger partial charge < -0.3 is 15.3 Å². The second-order valence-electron chi connectivity index (χ2n) is 3.64. The number of carboxylic acids is 1. The predicted molar refractivity (Wildman–Crippen MR) is 73.0 cm³/mol. The van der Waals surface area contributed by atoms with Crippen LogP contribution in [0.2, 0.25) is 0 Å². The van der Waals surface area contributed by atoms with Gasteiger partial charge in [0.2, 0.25) is 0 Å². The van der Waals surface area contributed by atoms with Crippen LogP contribution in [0.3, 0.4) is 0 Å². The van der Waals surface area contributed by atoms with E-state index in [9.17, 15) is 4.79 Å². The second kappa shape index (κ2) is 6.86. The van der Waals surface area contributed by atoms with Crippen molar-refractivity contribution >= 4 is 5.97 Å². The molecule has 2 rings (SSSR count). The molecular weight excluding hydrogens is 244 g/mol. The molecule has 2 aromatic rings. The van der Waals surface area contributed by atoms with Crippen LogP contribution in [0.25, 0.3) is 11.1 Å². The van der Waals surface area contributed by atoms with E-state index in [2.05, 4.69) is 6.58 Å². The van der Waals surface area contributed by atoms with Crippen LogP contribution in [0.4, 0.5) is 0 Å². The molecule has 0 heterocycles. The van der Waals surface area contributed by atoms with Crippen molar-refractivity contribution in [1.29, 1.82) is 0 Å². The molecule has 0 saturated carbocycles. The Balaban J connectivity index is 0.000000312. The normalized spacial score (nSPS) is 9.05. The first-order chi connectivity index (χ1) is 9.02. The summed E-state index contributed by atoms with van der Waals surface area (Å²) in [5, 5.41) is 25.8. The maximum absolute atomic E-state index is 9.25. The van der Waals surface area contributed by atoms with Crippen molar-refractivity contribution in [2.24, 2.45) is 0 Å². The highest BCUT2D eigenvalue weighted by molar-refractivity contribution is 5.78. The van der Waals surface area contributed by atoms with E-state index in [-0.39, 0.29) is 11.5 Å². The molecule has 0 aliphatic carbocycles. The summed E-state index contributed by atoms with van der Waals surface area (Å²) in [5.74, 6) is -0.468. The van der Waals surface area contributed by atoms with E-state index in [0.29, 0.717) is 0 Å². The average Bonchev–Trinajstić information content (AvgIpc) is 2.41. The molecule has 0 unspecified atom stereocenters. The quantitative estimate of drug-likeness (QED) is 0.723. The number of phenolic OH excluding ortho intramolecular Hbond substituents is 2. The largest absolute Gasteiger partial charge is 0.508 e. The fourth-order valence-corrected chi connectivity index (χ4v) is 1.31. The fourth-order valence-electron chi connectivity index (χ4n) is 1.31. The molecule has 0 fully saturated rings.